The van der Waals surface area contributed by atoms with Gasteiger partial charge in [0.1, 0.15) is 0 Å². The lowest BCUT2D eigenvalue weighted by molar-refractivity contribution is -0.135. The molecule has 27 heavy (non-hydrogen) atoms. The van der Waals surface area contributed by atoms with Crippen LogP contribution in [0.4, 0.5) is 5.69 Å². The van der Waals surface area contributed by atoms with Gasteiger partial charge in [-0.05, 0) is 36.4 Å². The Hall–Kier alpha value is -2.82. The molecule has 0 saturated carbocycles. The molecule has 0 radical (unpaired) electrons. The number of hydrogen-bond acceptors (Lipinski definition) is 5. The van der Waals surface area contributed by atoms with Gasteiger partial charge in [0.05, 0.1) is 18.7 Å². The molecule has 7 heteroatoms. The summed E-state index contributed by atoms with van der Waals surface area (Å²) < 4.78 is 11.2. The van der Waals surface area contributed by atoms with Crippen molar-refractivity contribution in [2.24, 2.45) is 0 Å². The molecule has 0 spiro atoms. The fourth-order valence-electron chi connectivity index (χ4n) is 3.35. The molecule has 0 fully saturated rings. The van der Waals surface area contributed by atoms with E-state index in [0.717, 1.165) is 0 Å². The number of carbonyl (C=O) groups is 2. The molecule has 1 amide bonds. The average molecular weight is 428 g/mol. The van der Waals surface area contributed by atoms with Crippen LogP contribution in [0.3, 0.4) is 0 Å². The highest BCUT2D eigenvalue weighted by Crippen LogP contribution is 2.44. The quantitative estimate of drug-likeness (QED) is 0.599. The lowest BCUT2D eigenvalue weighted by atomic mass is 9.88. The van der Waals surface area contributed by atoms with Crippen LogP contribution in [0.25, 0.3) is 0 Å². The van der Waals surface area contributed by atoms with Crippen LogP contribution in [-0.2, 0) is 10.4 Å². The van der Waals surface area contributed by atoms with E-state index in [2.05, 4.69) is 21.9 Å². The monoisotopic (exact) mass is 427 g/mol. The zero-order valence-corrected chi connectivity index (χ0v) is 15.7. The zero-order valence-electron chi connectivity index (χ0n) is 14.1. The second-order valence-corrected chi connectivity index (χ2v) is 7.20. The number of ketones is 1. The fourth-order valence-corrected chi connectivity index (χ4v) is 3.71. The molecule has 2 aliphatic heterocycles. The number of benzene rings is 2. The summed E-state index contributed by atoms with van der Waals surface area (Å²) in [6, 6.07) is 9.84. The first-order chi connectivity index (χ1) is 12.9. The van der Waals surface area contributed by atoms with Crippen LogP contribution in [0.1, 0.15) is 22.3 Å². The molecular formula is C20H14BrNO5. The van der Waals surface area contributed by atoms with Gasteiger partial charge in [-0.3, -0.25) is 14.5 Å². The molecule has 6 nitrogen and oxygen atoms in total. The van der Waals surface area contributed by atoms with E-state index in [1.54, 1.807) is 36.4 Å². The standard InChI is InChI=1S/C20H14BrNO5/c1-2-7-22-15-5-4-13(21)9-14(15)20(25,19(22)24)10-16(23)12-3-6-17-18(8-12)27-11-26-17/h1,3-6,8-9,25H,7,10-11H2. The van der Waals surface area contributed by atoms with Crippen LogP contribution in [0, 0.1) is 12.3 Å². The van der Waals surface area contributed by atoms with Crippen LogP contribution >= 0.6 is 15.9 Å². The van der Waals surface area contributed by atoms with E-state index in [1.165, 1.54) is 4.90 Å². The van der Waals surface area contributed by atoms with Gasteiger partial charge in [-0.25, -0.2) is 0 Å². The van der Waals surface area contributed by atoms with Gasteiger partial charge >= 0.3 is 0 Å². The number of anilines is 1. The number of carbonyl (C=O) groups excluding carboxylic acids is 2. The number of amides is 1. The number of ether oxygens (including phenoxy) is 2. The maximum Gasteiger partial charge on any atom is 0.265 e. The second-order valence-electron chi connectivity index (χ2n) is 6.29. The van der Waals surface area contributed by atoms with Crippen LogP contribution in [-0.4, -0.2) is 30.1 Å². The number of terminal acetylenes is 1. The Bertz CT molecular complexity index is 1010. The zero-order chi connectivity index (χ0) is 19.2. The minimum atomic E-state index is -1.98. The molecule has 0 saturated heterocycles. The number of Topliss-reactive ketones (excluding diaryl/α,β-unsaturated/α-hetero) is 1. The fraction of sp³-hybridized carbons (Fsp3) is 0.200. The van der Waals surface area contributed by atoms with Gasteiger partial charge in [-0.1, -0.05) is 21.9 Å². The Balaban J connectivity index is 1.70. The van der Waals surface area contributed by atoms with Crippen molar-refractivity contribution in [2.45, 2.75) is 12.0 Å². The molecule has 1 N–H and O–H groups in total. The predicted molar refractivity (Wildman–Crippen MR) is 101 cm³/mol. The topological polar surface area (TPSA) is 76.1 Å². The number of fused-ring (bicyclic) bond motifs is 2. The second kappa shape index (κ2) is 6.41. The van der Waals surface area contributed by atoms with E-state index in [-0.39, 0.29) is 13.3 Å². The highest BCUT2D eigenvalue weighted by Gasteiger charge is 2.50. The summed E-state index contributed by atoms with van der Waals surface area (Å²) in [5, 5.41) is 11.2. The van der Waals surface area contributed by atoms with Crippen molar-refractivity contribution in [1.82, 2.24) is 0 Å². The molecule has 2 aliphatic rings. The van der Waals surface area contributed by atoms with Gasteiger partial charge in [0.2, 0.25) is 6.79 Å². The number of aliphatic hydroxyl groups is 1. The van der Waals surface area contributed by atoms with Gasteiger partial charge in [-0.2, -0.15) is 0 Å². The lowest BCUT2D eigenvalue weighted by Gasteiger charge is -2.22. The highest BCUT2D eigenvalue weighted by atomic mass is 79.9. The summed E-state index contributed by atoms with van der Waals surface area (Å²) in [6.07, 6.45) is 4.96. The van der Waals surface area contributed by atoms with Crippen molar-refractivity contribution in [3.63, 3.8) is 0 Å². The molecule has 4 rings (SSSR count). The SMILES string of the molecule is C#CCN1C(=O)C(O)(CC(=O)c2ccc3c(c2)OCO3)c2cc(Br)ccc21. The minimum Gasteiger partial charge on any atom is -0.454 e. The van der Waals surface area contributed by atoms with Crippen molar-refractivity contribution in [2.75, 3.05) is 18.2 Å². The molecular weight excluding hydrogens is 414 g/mol. The Morgan fingerprint density at radius 2 is 2.04 bits per heavy atom. The first-order valence-electron chi connectivity index (χ1n) is 8.15. The maximum atomic E-state index is 12.9. The van der Waals surface area contributed by atoms with Crippen molar-refractivity contribution in [3.8, 4) is 23.8 Å². The Labute approximate surface area is 163 Å². The van der Waals surface area contributed by atoms with E-state index >= 15 is 0 Å². The van der Waals surface area contributed by atoms with E-state index in [9.17, 15) is 14.7 Å². The summed E-state index contributed by atoms with van der Waals surface area (Å²) in [4.78, 5) is 27.1. The van der Waals surface area contributed by atoms with Gasteiger partial charge in [0.15, 0.2) is 22.9 Å². The highest BCUT2D eigenvalue weighted by molar-refractivity contribution is 9.10. The molecule has 1 unspecified atom stereocenters. The normalized spacial score (nSPS) is 19.7. The third-order valence-electron chi connectivity index (χ3n) is 4.65. The summed E-state index contributed by atoms with van der Waals surface area (Å²) in [7, 11) is 0. The molecule has 0 aliphatic carbocycles. The Morgan fingerprint density at radius 3 is 2.81 bits per heavy atom. The van der Waals surface area contributed by atoms with Gasteiger partial charge in [0.25, 0.3) is 5.91 Å². The van der Waals surface area contributed by atoms with Crippen LogP contribution in [0.5, 0.6) is 11.5 Å². The van der Waals surface area contributed by atoms with Crippen LogP contribution in [0.15, 0.2) is 40.9 Å². The number of nitrogens with zero attached hydrogens (tertiary/aromatic N) is 1. The molecule has 2 aromatic carbocycles. The molecule has 136 valence electrons. The van der Waals surface area contributed by atoms with Gasteiger partial charge in [-0.15, -0.1) is 6.42 Å². The van der Waals surface area contributed by atoms with Crippen molar-refractivity contribution >= 4 is 33.3 Å². The molecule has 0 bridgehead atoms. The van der Waals surface area contributed by atoms with E-state index < -0.39 is 23.7 Å². The summed E-state index contributed by atoms with van der Waals surface area (Å²) in [6.45, 7) is 0.103. The van der Waals surface area contributed by atoms with E-state index in [4.69, 9.17) is 15.9 Å². The Kier molecular flexibility index (Phi) is 4.17. The molecule has 1 atom stereocenters. The predicted octanol–water partition coefficient (Wildman–Crippen LogP) is 2.62. The third kappa shape index (κ3) is 2.78. The number of hydrogen-bond donors (Lipinski definition) is 1. The summed E-state index contributed by atoms with van der Waals surface area (Å²) in [5.41, 5.74) is -0.801. The lowest BCUT2D eigenvalue weighted by Crippen LogP contribution is -2.42. The minimum absolute atomic E-state index is 0.00793. The third-order valence-corrected chi connectivity index (χ3v) is 5.15. The molecule has 2 aromatic rings. The van der Waals surface area contributed by atoms with Gasteiger partial charge < -0.3 is 14.6 Å². The average Bonchev–Trinajstić information content (AvgIpc) is 3.19. The molecule has 0 aromatic heterocycles. The molecule has 2 heterocycles. The maximum absolute atomic E-state index is 12.9. The van der Waals surface area contributed by atoms with Crippen molar-refractivity contribution in [1.29, 1.82) is 0 Å². The summed E-state index contributed by atoms with van der Waals surface area (Å²) in [5.74, 6) is 2.43. The smallest absolute Gasteiger partial charge is 0.265 e. The number of rotatable bonds is 4. The van der Waals surface area contributed by atoms with Crippen molar-refractivity contribution in [3.05, 3.63) is 52.0 Å². The first-order valence-corrected chi connectivity index (χ1v) is 8.94. The van der Waals surface area contributed by atoms with Crippen LogP contribution < -0.4 is 14.4 Å². The summed E-state index contributed by atoms with van der Waals surface area (Å²) >= 11 is 3.34. The van der Waals surface area contributed by atoms with E-state index in [1.807, 2.05) is 0 Å². The number of halogens is 1. The van der Waals surface area contributed by atoms with Crippen LogP contribution in [0.2, 0.25) is 0 Å². The Morgan fingerprint density at radius 1 is 1.26 bits per heavy atom. The van der Waals surface area contributed by atoms with Crippen molar-refractivity contribution < 1.29 is 24.2 Å². The van der Waals surface area contributed by atoms with Gasteiger partial charge in [0, 0.05) is 15.6 Å². The largest absolute Gasteiger partial charge is 0.454 e. The van der Waals surface area contributed by atoms with E-state index in [0.29, 0.717) is 32.8 Å². The first kappa shape index (κ1) is 17.6.